The fourth-order valence-corrected chi connectivity index (χ4v) is 3.89. The highest BCUT2D eigenvalue weighted by Crippen LogP contribution is 2.24. The molecule has 1 saturated heterocycles. The first-order valence-electron chi connectivity index (χ1n) is 5.89. The standard InChI is InChI=1S/C12H16N2O3S/c13-12(15)11-8-4-5-9-14(11)18(16,17)10-6-2-1-3-7-10/h1-3,6-7,11H,4-5,8-9H2,(H2,13,15). The molecular weight excluding hydrogens is 252 g/mol. The minimum Gasteiger partial charge on any atom is -0.368 e. The highest BCUT2D eigenvalue weighted by Gasteiger charge is 2.36. The lowest BCUT2D eigenvalue weighted by molar-refractivity contribution is -0.122. The number of hydrogen-bond acceptors (Lipinski definition) is 3. The van der Waals surface area contributed by atoms with E-state index in [1.54, 1.807) is 18.2 Å². The molecule has 1 aromatic rings. The van der Waals surface area contributed by atoms with Gasteiger partial charge in [0.2, 0.25) is 15.9 Å². The summed E-state index contributed by atoms with van der Waals surface area (Å²) in [7, 11) is -3.62. The molecule has 0 radical (unpaired) electrons. The highest BCUT2D eigenvalue weighted by molar-refractivity contribution is 7.89. The third kappa shape index (κ3) is 2.39. The fraction of sp³-hybridized carbons (Fsp3) is 0.417. The number of nitrogens with two attached hydrogens (primary N) is 1. The van der Waals surface area contributed by atoms with Crippen LogP contribution in [-0.2, 0) is 14.8 Å². The second kappa shape index (κ2) is 5.07. The van der Waals surface area contributed by atoms with Crippen LogP contribution in [0.1, 0.15) is 19.3 Å². The van der Waals surface area contributed by atoms with Crippen molar-refractivity contribution in [2.75, 3.05) is 6.54 Å². The monoisotopic (exact) mass is 268 g/mol. The van der Waals surface area contributed by atoms with Gasteiger partial charge in [0.25, 0.3) is 0 Å². The number of nitrogens with zero attached hydrogens (tertiary/aromatic N) is 1. The van der Waals surface area contributed by atoms with Crippen molar-refractivity contribution in [2.45, 2.75) is 30.2 Å². The second-order valence-electron chi connectivity index (χ2n) is 4.34. The molecular formula is C12H16N2O3S. The Bertz CT molecular complexity index is 528. The Morgan fingerprint density at radius 3 is 2.50 bits per heavy atom. The minimum atomic E-state index is -3.62. The molecule has 6 heteroatoms. The number of sulfonamides is 1. The Labute approximate surface area is 107 Å². The average Bonchev–Trinajstić information content (AvgIpc) is 2.39. The largest absolute Gasteiger partial charge is 0.368 e. The second-order valence-corrected chi connectivity index (χ2v) is 6.23. The molecule has 2 N–H and O–H groups in total. The van der Waals surface area contributed by atoms with Crippen molar-refractivity contribution in [1.29, 1.82) is 0 Å². The molecule has 0 saturated carbocycles. The van der Waals surface area contributed by atoms with E-state index in [9.17, 15) is 13.2 Å². The summed E-state index contributed by atoms with van der Waals surface area (Å²) in [5.74, 6) is -0.575. The Hall–Kier alpha value is -1.40. The molecule has 0 aliphatic carbocycles. The van der Waals surface area contributed by atoms with Gasteiger partial charge in [0, 0.05) is 6.54 Å². The van der Waals surface area contributed by atoms with E-state index in [2.05, 4.69) is 0 Å². The quantitative estimate of drug-likeness (QED) is 0.877. The van der Waals surface area contributed by atoms with Gasteiger partial charge in [-0.05, 0) is 25.0 Å². The van der Waals surface area contributed by atoms with Crippen LogP contribution in [0.5, 0.6) is 0 Å². The maximum absolute atomic E-state index is 12.4. The van der Waals surface area contributed by atoms with Crippen LogP contribution in [0.25, 0.3) is 0 Å². The van der Waals surface area contributed by atoms with Crippen molar-refractivity contribution in [2.24, 2.45) is 5.73 Å². The summed E-state index contributed by atoms with van der Waals surface area (Å²) in [6.45, 7) is 0.352. The predicted molar refractivity (Wildman–Crippen MR) is 67.2 cm³/mol. The van der Waals surface area contributed by atoms with Gasteiger partial charge in [-0.1, -0.05) is 24.6 Å². The van der Waals surface area contributed by atoms with E-state index in [1.807, 2.05) is 0 Å². The minimum absolute atomic E-state index is 0.207. The first-order chi connectivity index (χ1) is 8.53. The lowest BCUT2D eigenvalue weighted by Gasteiger charge is -2.32. The van der Waals surface area contributed by atoms with E-state index < -0.39 is 22.0 Å². The zero-order valence-corrected chi connectivity index (χ0v) is 10.8. The number of benzene rings is 1. The maximum Gasteiger partial charge on any atom is 0.243 e. The number of amides is 1. The van der Waals surface area contributed by atoms with Gasteiger partial charge in [0.05, 0.1) is 4.90 Å². The van der Waals surface area contributed by atoms with Crippen molar-refractivity contribution < 1.29 is 13.2 Å². The molecule has 18 heavy (non-hydrogen) atoms. The number of hydrogen-bond donors (Lipinski definition) is 1. The Kier molecular flexibility index (Phi) is 3.68. The molecule has 5 nitrogen and oxygen atoms in total. The van der Waals surface area contributed by atoms with Crippen molar-refractivity contribution in [1.82, 2.24) is 4.31 Å². The van der Waals surface area contributed by atoms with Gasteiger partial charge in [-0.15, -0.1) is 0 Å². The lowest BCUT2D eigenvalue weighted by atomic mass is 10.0. The lowest BCUT2D eigenvalue weighted by Crippen LogP contribution is -2.50. The summed E-state index contributed by atoms with van der Waals surface area (Å²) in [5.41, 5.74) is 5.29. The van der Waals surface area contributed by atoms with E-state index in [-0.39, 0.29) is 4.90 Å². The molecule has 1 heterocycles. The van der Waals surface area contributed by atoms with Crippen LogP contribution >= 0.6 is 0 Å². The van der Waals surface area contributed by atoms with Gasteiger partial charge < -0.3 is 5.73 Å². The highest BCUT2D eigenvalue weighted by atomic mass is 32.2. The van der Waals surface area contributed by atoms with Crippen molar-refractivity contribution in [3.63, 3.8) is 0 Å². The first kappa shape index (κ1) is 13.0. The van der Waals surface area contributed by atoms with Crippen LogP contribution < -0.4 is 5.73 Å². The fourth-order valence-electron chi connectivity index (χ4n) is 2.20. The number of carbonyl (C=O) groups excluding carboxylic acids is 1. The Balaban J connectivity index is 2.36. The third-order valence-corrected chi connectivity index (χ3v) is 5.05. The van der Waals surface area contributed by atoms with Crippen LogP contribution in [0.15, 0.2) is 35.2 Å². The molecule has 1 fully saturated rings. The van der Waals surface area contributed by atoms with Crippen molar-refractivity contribution in [3.8, 4) is 0 Å². The van der Waals surface area contributed by atoms with Crippen LogP contribution in [0, 0.1) is 0 Å². The molecule has 1 atom stereocenters. The Morgan fingerprint density at radius 1 is 1.22 bits per heavy atom. The molecule has 1 unspecified atom stereocenters. The topological polar surface area (TPSA) is 80.5 Å². The number of rotatable bonds is 3. The maximum atomic E-state index is 12.4. The molecule has 0 spiro atoms. The van der Waals surface area contributed by atoms with Gasteiger partial charge in [-0.3, -0.25) is 4.79 Å². The predicted octanol–water partition coefficient (Wildman–Crippen LogP) is 0.715. The number of piperidine rings is 1. The Morgan fingerprint density at radius 2 is 1.89 bits per heavy atom. The number of primary amides is 1. The molecule has 1 aliphatic heterocycles. The molecule has 0 bridgehead atoms. The smallest absolute Gasteiger partial charge is 0.243 e. The van der Waals surface area contributed by atoms with E-state index in [0.29, 0.717) is 13.0 Å². The van der Waals surface area contributed by atoms with E-state index in [4.69, 9.17) is 5.73 Å². The van der Waals surface area contributed by atoms with E-state index in [0.717, 1.165) is 12.8 Å². The summed E-state index contributed by atoms with van der Waals surface area (Å²) in [6, 6.07) is 7.42. The van der Waals surface area contributed by atoms with Crippen LogP contribution in [0.3, 0.4) is 0 Å². The molecule has 1 amide bonds. The van der Waals surface area contributed by atoms with Gasteiger partial charge in [-0.2, -0.15) is 4.31 Å². The summed E-state index contributed by atoms with van der Waals surface area (Å²) >= 11 is 0. The van der Waals surface area contributed by atoms with Crippen LogP contribution in [0.2, 0.25) is 0 Å². The molecule has 1 aliphatic rings. The zero-order chi connectivity index (χ0) is 13.2. The molecule has 0 aromatic heterocycles. The summed E-state index contributed by atoms with van der Waals surface area (Å²) in [4.78, 5) is 11.6. The van der Waals surface area contributed by atoms with Crippen molar-refractivity contribution >= 4 is 15.9 Å². The summed E-state index contributed by atoms with van der Waals surface area (Å²) < 4.78 is 26.1. The molecule has 98 valence electrons. The van der Waals surface area contributed by atoms with E-state index >= 15 is 0 Å². The molecule has 2 rings (SSSR count). The van der Waals surface area contributed by atoms with Gasteiger partial charge in [0.15, 0.2) is 0 Å². The SMILES string of the molecule is NC(=O)C1CCCCN1S(=O)(=O)c1ccccc1. The summed E-state index contributed by atoms with van der Waals surface area (Å²) in [6.07, 6.45) is 2.09. The van der Waals surface area contributed by atoms with Crippen LogP contribution in [-0.4, -0.2) is 31.2 Å². The third-order valence-electron chi connectivity index (χ3n) is 3.13. The average molecular weight is 268 g/mol. The summed E-state index contributed by atoms with van der Waals surface area (Å²) in [5, 5.41) is 0. The first-order valence-corrected chi connectivity index (χ1v) is 7.33. The van der Waals surface area contributed by atoms with Gasteiger partial charge in [0.1, 0.15) is 6.04 Å². The normalized spacial score (nSPS) is 21.7. The van der Waals surface area contributed by atoms with Crippen LogP contribution in [0.4, 0.5) is 0 Å². The van der Waals surface area contributed by atoms with E-state index in [1.165, 1.54) is 16.4 Å². The molecule has 1 aromatic carbocycles. The van der Waals surface area contributed by atoms with Crippen molar-refractivity contribution in [3.05, 3.63) is 30.3 Å². The zero-order valence-electron chi connectivity index (χ0n) is 9.95. The van der Waals surface area contributed by atoms with Gasteiger partial charge >= 0.3 is 0 Å². The number of carbonyl (C=O) groups is 1. The van der Waals surface area contributed by atoms with Gasteiger partial charge in [-0.25, -0.2) is 8.42 Å².